The molecule has 1 aromatic carbocycles. The van der Waals surface area contributed by atoms with E-state index in [0.717, 1.165) is 47.5 Å². The predicted octanol–water partition coefficient (Wildman–Crippen LogP) is 5.67. The second-order valence-electron chi connectivity index (χ2n) is 9.78. The lowest BCUT2D eigenvalue weighted by molar-refractivity contribution is -0.123. The van der Waals surface area contributed by atoms with Gasteiger partial charge in [-0.3, -0.25) is 9.59 Å². The Morgan fingerprint density at radius 3 is 2.36 bits per heavy atom. The lowest BCUT2D eigenvalue weighted by Gasteiger charge is -2.33. The summed E-state index contributed by atoms with van der Waals surface area (Å²) < 4.78 is 1.64. The number of amides is 2. The van der Waals surface area contributed by atoms with E-state index in [0.29, 0.717) is 23.1 Å². The summed E-state index contributed by atoms with van der Waals surface area (Å²) in [7, 11) is 1.75. The van der Waals surface area contributed by atoms with Gasteiger partial charge in [0.2, 0.25) is 5.91 Å². The van der Waals surface area contributed by atoms with Gasteiger partial charge in [-0.2, -0.15) is 0 Å². The van der Waals surface area contributed by atoms with E-state index >= 15 is 0 Å². The van der Waals surface area contributed by atoms with Crippen molar-refractivity contribution in [3.8, 4) is 10.4 Å². The molecule has 1 aliphatic rings. The molecule has 4 rings (SSSR count). The van der Waals surface area contributed by atoms with Crippen molar-refractivity contribution >= 4 is 40.5 Å². The number of hydrogen-bond acceptors (Lipinski definition) is 5. The quantitative estimate of drug-likeness (QED) is 0.428. The van der Waals surface area contributed by atoms with Crippen LogP contribution in [0.5, 0.6) is 0 Å². The highest BCUT2D eigenvalue weighted by atomic mass is 32.1. The van der Waals surface area contributed by atoms with Crippen molar-refractivity contribution in [2.45, 2.75) is 52.5 Å². The van der Waals surface area contributed by atoms with Gasteiger partial charge in [0.25, 0.3) is 5.91 Å². The number of carbonyl (C=O) groups is 3. The van der Waals surface area contributed by atoms with Crippen molar-refractivity contribution in [3.63, 3.8) is 0 Å². The van der Waals surface area contributed by atoms with E-state index in [1.54, 1.807) is 47.1 Å². The Hall–Kier alpha value is -3.46. The maximum atomic E-state index is 13.5. The van der Waals surface area contributed by atoms with Crippen LogP contribution in [0.2, 0.25) is 0 Å². The van der Waals surface area contributed by atoms with E-state index in [4.69, 9.17) is 0 Å². The molecule has 0 radical (unpaired) electrons. The Morgan fingerprint density at radius 2 is 1.81 bits per heavy atom. The fourth-order valence-electron chi connectivity index (χ4n) is 4.70. The van der Waals surface area contributed by atoms with Gasteiger partial charge in [-0.05, 0) is 69.2 Å². The highest BCUT2D eigenvalue weighted by Gasteiger charge is 2.33. The molecule has 0 saturated heterocycles. The lowest BCUT2D eigenvalue weighted by atomic mass is 9.82. The number of anilines is 2. The summed E-state index contributed by atoms with van der Waals surface area (Å²) in [5, 5.41) is 12.8. The monoisotopic (exact) mass is 508 g/mol. The molecule has 9 heteroatoms. The first-order chi connectivity index (χ1) is 17.2. The van der Waals surface area contributed by atoms with Gasteiger partial charge < -0.3 is 19.9 Å². The Morgan fingerprint density at radius 1 is 1.14 bits per heavy atom. The summed E-state index contributed by atoms with van der Waals surface area (Å²) in [5.74, 6) is -0.494. The third kappa shape index (κ3) is 5.36. The zero-order valence-electron chi connectivity index (χ0n) is 21.0. The highest BCUT2D eigenvalue weighted by molar-refractivity contribution is 7.18. The van der Waals surface area contributed by atoms with Crippen molar-refractivity contribution in [2.75, 3.05) is 10.2 Å². The molecule has 0 spiro atoms. The largest absolute Gasteiger partial charge is 0.477 e. The summed E-state index contributed by atoms with van der Waals surface area (Å²) in [4.78, 5) is 44.8. The molecule has 1 fully saturated rings. The van der Waals surface area contributed by atoms with Crippen LogP contribution in [0, 0.1) is 11.8 Å². The first-order valence-electron chi connectivity index (χ1n) is 12.2. The zero-order valence-corrected chi connectivity index (χ0v) is 21.8. The molecule has 36 heavy (non-hydrogen) atoms. The van der Waals surface area contributed by atoms with Crippen LogP contribution in [0.4, 0.5) is 11.4 Å². The number of thiophene rings is 1. The molecule has 2 amide bonds. The lowest BCUT2D eigenvalue weighted by Crippen LogP contribution is -2.42. The molecule has 0 atom stereocenters. The van der Waals surface area contributed by atoms with E-state index in [1.807, 2.05) is 26.0 Å². The average molecular weight is 509 g/mol. The third-order valence-electron chi connectivity index (χ3n) is 6.74. The smallest absolute Gasteiger partial charge is 0.348 e. The maximum Gasteiger partial charge on any atom is 0.348 e. The molecule has 2 aromatic heterocycles. The second-order valence-corrected chi connectivity index (χ2v) is 10.8. The van der Waals surface area contributed by atoms with Gasteiger partial charge in [-0.25, -0.2) is 9.78 Å². The normalized spacial score (nSPS) is 17.7. The Balaban J connectivity index is 1.59. The molecule has 2 N–H and O–H groups in total. The number of hydrogen-bond donors (Lipinski definition) is 2. The minimum absolute atomic E-state index is 0.0103. The molecule has 8 nitrogen and oxygen atoms in total. The van der Waals surface area contributed by atoms with E-state index in [9.17, 15) is 19.5 Å². The number of aryl methyl sites for hydroxylation is 1. The van der Waals surface area contributed by atoms with Crippen LogP contribution in [0.25, 0.3) is 10.4 Å². The standard InChI is InChI=1S/C27H32N4O4S/c1-16(2)31(26(33)19-7-5-17(3)6-8-19)21-15-22(36-23(21)27(34)35)18-9-11-20(12-10-18)29-25(32)24-28-13-14-30(24)4/h9-17,19H,5-8H2,1-4H3,(H,29,32)(H,34,35)/t17-,19-. The van der Waals surface area contributed by atoms with E-state index in [1.165, 1.54) is 0 Å². The second kappa shape index (κ2) is 10.7. The molecule has 0 unspecified atom stereocenters. The van der Waals surface area contributed by atoms with Crippen LogP contribution in [-0.2, 0) is 11.8 Å². The first kappa shape index (κ1) is 25.6. The number of carboxylic acids is 1. The zero-order chi connectivity index (χ0) is 26.0. The van der Waals surface area contributed by atoms with Gasteiger partial charge in [-0.1, -0.05) is 19.1 Å². The van der Waals surface area contributed by atoms with Crippen LogP contribution >= 0.6 is 11.3 Å². The van der Waals surface area contributed by atoms with Gasteiger partial charge in [0.15, 0.2) is 5.82 Å². The first-order valence-corrected chi connectivity index (χ1v) is 13.1. The van der Waals surface area contributed by atoms with E-state index in [-0.39, 0.29) is 28.7 Å². The van der Waals surface area contributed by atoms with Crippen LogP contribution < -0.4 is 10.2 Å². The molecule has 0 aliphatic heterocycles. The number of benzene rings is 1. The molecule has 190 valence electrons. The summed E-state index contributed by atoms with van der Waals surface area (Å²) in [6.45, 7) is 6.06. The van der Waals surface area contributed by atoms with Crippen molar-refractivity contribution < 1.29 is 19.5 Å². The minimum Gasteiger partial charge on any atom is -0.477 e. The van der Waals surface area contributed by atoms with Gasteiger partial charge in [0, 0.05) is 42.0 Å². The number of imidazole rings is 1. The van der Waals surface area contributed by atoms with Crippen molar-refractivity contribution in [1.82, 2.24) is 9.55 Å². The van der Waals surface area contributed by atoms with Gasteiger partial charge >= 0.3 is 5.97 Å². The molecular weight excluding hydrogens is 476 g/mol. The van der Waals surface area contributed by atoms with Crippen molar-refractivity contribution in [1.29, 1.82) is 0 Å². The van der Waals surface area contributed by atoms with Crippen LogP contribution in [0.1, 0.15) is 66.7 Å². The number of carboxylic acid groups (broad SMARTS) is 1. The van der Waals surface area contributed by atoms with E-state index < -0.39 is 5.97 Å². The number of nitrogens with one attached hydrogen (secondary N) is 1. The molecule has 1 aliphatic carbocycles. The summed E-state index contributed by atoms with van der Waals surface area (Å²) in [6, 6.07) is 8.84. The fourth-order valence-corrected chi connectivity index (χ4v) is 5.69. The topological polar surface area (TPSA) is 105 Å². The number of nitrogens with zero attached hydrogens (tertiary/aromatic N) is 3. The summed E-state index contributed by atoms with van der Waals surface area (Å²) in [5.41, 5.74) is 1.87. The molecule has 2 heterocycles. The predicted molar refractivity (Wildman–Crippen MR) is 142 cm³/mol. The molecule has 3 aromatic rings. The number of rotatable bonds is 7. The van der Waals surface area contributed by atoms with Crippen molar-refractivity contribution in [3.05, 3.63) is 53.4 Å². The number of aromatic nitrogens is 2. The SMILES string of the molecule is CC(C)N(c1cc(-c2ccc(NC(=O)c3nccn3C)cc2)sc1C(=O)O)C(=O)[C@H]1CC[C@H](C)CC1. The Bertz CT molecular complexity index is 1250. The van der Waals surface area contributed by atoms with E-state index in [2.05, 4.69) is 17.2 Å². The minimum atomic E-state index is -1.05. The maximum absolute atomic E-state index is 13.5. The number of aromatic carboxylic acids is 1. The van der Waals surface area contributed by atoms with Crippen LogP contribution in [0.15, 0.2) is 42.7 Å². The van der Waals surface area contributed by atoms with Crippen LogP contribution in [0.3, 0.4) is 0 Å². The van der Waals surface area contributed by atoms with Gasteiger partial charge in [0.05, 0.1) is 5.69 Å². The Kier molecular flexibility index (Phi) is 7.59. The van der Waals surface area contributed by atoms with Crippen molar-refractivity contribution in [2.24, 2.45) is 18.9 Å². The third-order valence-corrected chi connectivity index (χ3v) is 7.90. The number of carbonyl (C=O) groups excluding carboxylic acids is 2. The average Bonchev–Trinajstić information content (AvgIpc) is 3.47. The molecule has 0 bridgehead atoms. The summed E-state index contributed by atoms with van der Waals surface area (Å²) >= 11 is 1.16. The fraction of sp³-hybridized carbons (Fsp3) is 0.407. The van der Waals surface area contributed by atoms with Gasteiger partial charge in [-0.15, -0.1) is 11.3 Å². The van der Waals surface area contributed by atoms with Crippen LogP contribution in [-0.4, -0.2) is 38.5 Å². The molecular formula is C27H32N4O4S. The highest BCUT2D eigenvalue weighted by Crippen LogP contribution is 2.40. The van der Waals surface area contributed by atoms with Gasteiger partial charge in [0.1, 0.15) is 4.88 Å². The Labute approximate surface area is 215 Å². The molecule has 1 saturated carbocycles. The summed E-state index contributed by atoms with van der Waals surface area (Å²) in [6.07, 6.45) is 6.99.